The minimum absolute atomic E-state index is 0.00790. The average molecular weight is 263 g/mol. The number of nitrogens with two attached hydrogens (primary N) is 1. The van der Waals surface area contributed by atoms with Gasteiger partial charge in [-0.1, -0.05) is 6.92 Å². The molecule has 2 atom stereocenters. The van der Waals surface area contributed by atoms with Crippen LogP contribution in [0.3, 0.4) is 0 Å². The third-order valence-corrected chi connectivity index (χ3v) is 3.49. The summed E-state index contributed by atoms with van der Waals surface area (Å²) in [6.45, 7) is 4.19. The molecule has 3 N–H and O–H groups in total. The molecule has 1 heterocycles. The number of hydrogen-bond donors (Lipinski definition) is 2. The Hall–Kier alpha value is -1.59. The molecule has 0 aromatic heterocycles. The van der Waals surface area contributed by atoms with Crippen LogP contribution in [0.15, 0.2) is 24.3 Å². The zero-order chi connectivity index (χ0) is 13.8. The predicted molar refractivity (Wildman–Crippen MR) is 75.2 cm³/mol. The number of amides is 1. The fourth-order valence-corrected chi connectivity index (χ4v) is 2.30. The van der Waals surface area contributed by atoms with Crippen molar-refractivity contribution in [1.82, 2.24) is 4.90 Å². The van der Waals surface area contributed by atoms with Crippen molar-refractivity contribution >= 4 is 11.6 Å². The van der Waals surface area contributed by atoms with Crippen molar-refractivity contribution in [2.24, 2.45) is 11.7 Å². The number of nitrogens with one attached hydrogen (secondary N) is 1. The maximum absolute atomic E-state index is 11.9. The molecular weight excluding hydrogens is 242 g/mol. The van der Waals surface area contributed by atoms with Gasteiger partial charge in [-0.25, -0.2) is 0 Å². The molecule has 2 unspecified atom stereocenters. The third kappa shape index (κ3) is 3.68. The number of likely N-dealkylation sites (tertiary alicyclic amines) is 1. The van der Waals surface area contributed by atoms with Gasteiger partial charge in [0.15, 0.2) is 0 Å². The van der Waals surface area contributed by atoms with Crippen molar-refractivity contribution in [3.05, 3.63) is 24.3 Å². The van der Waals surface area contributed by atoms with Crippen LogP contribution in [0.4, 0.5) is 5.69 Å². The van der Waals surface area contributed by atoms with E-state index in [2.05, 4.69) is 17.1 Å². The highest BCUT2D eigenvalue weighted by Crippen LogP contribution is 2.16. The van der Waals surface area contributed by atoms with E-state index >= 15 is 0 Å². The first-order valence-corrected chi connectivity index (χ1v) is 6.50. The normalized spacial score (nSPS) is 23.3. The van der Waals surface area contributed by atoms with Crippen molar-refractivity contribution in [3.63, 3.8) is 0 Å². The molecule has 1 fully saturated rings. The Morgan fingerprint density at radius 3 is 2.63 bits per heavy atom. The number of rotatable bonds is 4. The second kappa shape index (κ2) is 6.04. The highest BCUT2D eigenvalue weighted by Gasteiger charge is 2.27. The van der Waals surface area contributed by atoms with Gasteiger partial charge in [0.05, 0.1) is 13.7 Å². The monoisotopic (exact) mass is 263 g/mol. The van der Waals surface area contributed by atoms with Crippen LogP contribution in [0.2, 0.25) is 0 Å². The molecule has 0 saturated carbocycles. The Morgan fingerprint density at radius 2 is 2.11 bits per heavy atom. The lowest BCUT2D eigenvalue weighted by Crippen LogP contribution is -2.33. The number of ether oxygens (including phenoxy) is 1. The van der Waals surface area contributed by atoms with Crippen LogP contribution in [-0.2, 0) is 4.79 Å². The van der Waals surface area contributed by atoms with Gasteiger partial charge in [0.1, 0.15) is 5.75 Å². The largest absolute Gasteiger partial charge is 0.497 e. The Balaban J connectivity index is 1.84. The number of carbonyl (C=O) groups is 1. The SMILES string of the molecule is COc1ccc(NC(=O)CN2CC(C)C(N)C2)cc1. The van der Waals surface area contributed by atoms with Crippen LogP contribution in [0, 0.1) is 5.92 Å². The Kier molecular flexibility index (Phi) is 4.39. The molecule has 1 saturated heterocycles. The molecule has 5 heteroatoms. The van der Waals surface area contributed by atoms with Crippen LogP contribution >= 0.6 is 0 Å². The molecule has 1 aliphatic heterocycles. The van der Waals surface area contributed by atoms with Crippen molar-refractivity contribution < 1.29 is 9.53 Å². The summed E-state index contributed by atoms with van der Waals surface area (Å²) in [6.07, 6.45) is 0. The van der Waals surface area contributed by atoms with Gasteiger partial charge >= 0.3 is 0 Å². The Morgan fingerprint density at radius 1 is 1.42 bits per heavy atom. The Bertz CT molecular complexity index is 423. The summed E-state index contributed by atoms with van der Waals surface area (Å²) in [4.78, 5) is 14.0. The second-order valence-electron chi connectivity index (χ2n) is 5.11. The maximum Gasteiger partial charge on any atom is 0.238 e. The zero-order valence-electron chi connectivity index (χ0n) is 11.4. The summed E-state index contributed by atoms with van der Waals surface area (Å²) in [7, 11) is 1.62. The molecule has 19 heavy (non-hydrogen) atoms. The van der Waals surface area contributed by atoms with E-state index < -0.39 is 0 Å². The van der Waals surface area contributed by atoms with Crippen molar-refractivity contribution in [1.29, 1.82) is 0 Å². The van der Waals surface area contributed by atoms with E-state index in [1.807, 2.05) is 24.3 Å². The molecule has 1 aromatic rings. The molecular formula is C14H21N3O2. The summed E-state index contributed by atoms with van der Waals surface area (Å²) < 4.78 is 5.07. The van der Waals surface area contributed by atoms with Gasteiger partial charge in [-0.3, -0.25) is 9.69 Å². The topological polar surface area (TPSA) is 67.6 Å². The maximum atomic E-state index is 11.9. The van der Waals surface area contributed by atoms with E-state index in [4.69, 9.17) is 10.5 Å². The number of anilines is 1. The molecule has 1 aliphatic rings. The van der Waals surface area contributed by atoms with Crippen LogP contribution in [0.1, 0.15) is 6.92 Å². The molecule has 0 aliphatic carbocycles. The molecule has 2 rings (SSSR count). The highest BCUT2D eigenvalue weighted by atomic mass is 16.5. The number of carbonyl (C=O) groups excluding carboxylic acids is 1. The van der Waals surface area contributed by atoms with Crippen LogP contribution in [-0.4, -0.2) is 43.6 Å². The minimum atomic E-state index is -0.00790. The van der Waals surface area contributed by atoms with E-state index in [1.165, 1.54) is 0 Å². The lowest BCUT2D eigenvalue weighted by atomic mass is 10.1. The first-order chi connectivity index (χ1) is 9.08. The van der Waals surface area contributed by atoms with Gasteiger partial charge in [0.25, 0.3) is 0 Å². The summed E-state index contributed by atoms with van der Waals surface area (Å²) in [5, 5.41) is 2.87. The second-order valence-corrected chi connectivity index (χ2v) is 5.11. The van der Waals surface area contributed by atoms with E-state index in [1.54, 1.807) is 7.11 Å². The average Bonchev–Trinajstić information content (AvgIpc) is 2.69. The van der Waals surface area contributed by atoms with Crippen LogP contribution < -0.4 is 15.8 Å². The molecule has 0 bridgehead atoms. The molecule has 104 valence electrons. The first kappa shape index (κ1) is 13.8. The fraction of sp³-hybridized carbons (Fsp3) is 0.500. The number of nitrogens with zero attached hydrogens (tertiary/aromatic N) is 1. The van der Waals surface area contributed by atoms with E-state index in [9.17, 15) is 4.79 Å². The molecule has 0 radical (unpaired) electrons. The van der Waals surface area contributed by atoms with Crippen LogP contribution in [0.5, 0.6) is 5.75 Å². The minimum Gasteiger partial charge on any atom is -0.497 e. The molecule has 0 spiro atoms. The van der Waals surface area contributed by atoms with Gasteiger partial charge in [-0.05, 0) is 30.2 Å². The van der Waals surface area contributed by atoms with Gasteiger partial charge in [-0.15, -0.1) is 0 Å². The molecule has 1 amide bonds. The standard InChI is InChI=1S/C14H21N3O2/c1-10-7-17(8-13(10)15)9-14(18)16-11-3-5-12(19-2)6-4-11/h3-6,10,13H,7-9,15H2,1-2H3,(H,16,18). The third-order valence-electron chi connectivity index (χ3n) is 3.49. The summed E-state index contributed by atoms with van der Waals surface area (Å²) in [5.74, 6) is 1.22. The van der Waals surface area contributed by atoms with Crippen molar-refractivity contribution in [2.45, 2.75) is 13.0 Å². The van der Waals surface area contributed by atoms with Crippen LogP contribution in [0.25, 0.3) is 0 Å². The number of benzene rings is 1. The summed E-state index contributed by atoms with van der Waals surface area (Å²) in [5.41, 5.74) is 6.72. The zero-order valence-corrected chi connectivity index (χ0v) is 11.4. The summed E-state index contributed by atoms with van der Waals surface area (Å²) >= 11 is 0. The van der Waals surface area contributed by atoms with Gasteiger partial charge in [0.2, 0.25) is 5.91 Å². The Labute approximate surface area is 113 Å². The number of methoxy groups -OCH3 is 1. The van der Waals surface area contributed by atoms with E-state index in [0.29, 0.717) is 12.5 Å². The summed E-state index contributed by atoms with van der Waals surface area (Å²) in [6, 6.07) is 7.48. The predicted octanol–water partition coefficient (Wildman–Crippen LogP) is 0.913. The van der Waals surface area contributed by atoms with Crippen molar-refractivity contribution in [2.75, 3.05) is 32.1 Å². The highest BCUT2D eigenvalue weighted by molar-refractivity contribution is 5.92. The van der Waals surface area contributed by atoms with Gasteiger partial charge < -0.3 is 15.8 Å². The van der Waals surface area contributed by atoms with E-state index in [0.717, 1.165) is 24.5 Å². The van der Waals surface area contributed by atoms with Gasteiger partial charge in [0, 0.05) is 24.8 Å². The lowest BCUT2D eigenvalue weighted by molar-refractivity contribution is -0.117. The first-order valence-electron chi connectivity index (χ1n) is 6.50. The quantitative estimate of drug-likeness (QED) is 0.847. The molecule has 1 aromatic carbocycles. The fourth-order valence-electron chi connectivity index (χ4n) is 2.30. The lowest BCUT2D eigenvalue weighted by Gasteiger charge is -2.14. The van der Waals surface area contributed by atoms with Crippen molar-refractivity contribution in [3.8, 4) is 5.75 Å². The number of hydrogen-bond acceptors (Lipinski definition) is 4. The smallest absolute Gasteiger partial charge is 0.238 e. The molecule has 5 nitrogen and oxygen atoms in total. The van der Waals surface area contributed by atoms with E-state index in [-0.39, 0.29) is 11.9 Å². The van der Waals surface area contributed by atoms with Gasteiger partial charge in [-0.2, -0.15) is 0 Å².